The number of rotatable bonds is 6. The van der Waals surface area contributed by atoms with Crippen LogP contribution >= 0.6 is 0 Å². The Hall–Kier alpha value is -1.07. The van der Waals surface area contributed by atoms with Gasteiger partial charge in [0, 0.05) is 25.7 Å². The van der Waals surface area contributed by atoms with Crippen LogP contribution in [0, 0.1) is 0 Å². The molecule has 5 nitrogen and oxygen atoms in total. The smallest absolute Gasteiger partial charge is 0.124 e. The van der Waals surface area contributed by atoms with Gasteiger partial charge in [-0.15, -0.1) is 0 Å². The molecule has 1 fully saturated rings. The van der Waals surface area contributed by atoms with Gasteiger partial charge in [0.05, 0.1) is 12.2 Å². The second kappa shape index (κ2) is 5.14. The highest BCUT2D eigenvalue weighted by Crippen LogP contribution is 2.16. The summed E-state index contributed by atoms with van der Waals surface area (Å²) in [5.74, 6) is 1.14. The zero-order valence-electron chi connectivity index (χ0n) is 9.16. The zero-order valence-corrected chi connectivity index (χ0v) is 9.16. The van der Waals surface area contributed by atoms with Crippen LogP contribution < -0.4 is 16.0 Å². The maximum atomic E-state index is 4.34. The molecule has 1 aliphatic heterocycles. The van der Waals surface area contributed by atoms with Crippen LogP contribution in [0.1, 0.15) is 12.5 Å². The summed E-state index contributed by atoms with van der Waals surface area (Å²) < 4.78 is 2.08. The number of nitrogens with one attached hydrogen (secondary N) is 3. The molecule has 0 aromatic carbocycles. The van der Waals surface area contributed by atoms with E-state index in [0.29, 0.717) is 6.04 Å². The summed E-state index contributed by atoms with van der Waals surface area (Å²) >= 11 is 0. The molecule has 3 N–H and O–H groups in total. The normalized spacial score (nSPS) is 16.3. The minimum atomic E-state index is 0.534. The average molecular weight is 209 g/mol. The molecule has 0 spiro atoms. The minimum Gasteiger partial charge on any atom is -0.370 e. The van der Waals surface area contributed by atoms with Crippen molar-refractivity contribution in [1.29, 1.82) is 0 Å². The fourth-order valence-corrected chi connectivity index (χ4v) is 1.67. The van der Waals surface area contributed by atoms with E-state index in [1.54, 1.807) is 0 Å². The Balaban J connectivity index is 1.82. The van der Waals surface area contributed by atoms with Gasteiger partial charge in [-0.3, -0.25) is 0 Å². The van der Waals surface area contributed by atoms with Gasteiger partial charge in [0.15, 0.2) is 0 Å². The standard InChI is InChI=1S/C10H19N5/c1-11-4-2-5-13-10-3-6-14-15(10)9-7-12-8-9/h3,6,9,11-13H,2,4-5,7-8H2,1H3. The van der Waals surface area contributed by atoms with Crippen molar-refractivity contribution in [3.63, 3.8) is 0 Å². The molecule has 0 saturated carbocycles. The lowest BCUT2D eigenvalue weighted by Crippen LogP contribution is -2.44. The predicted molar refractivity (Wildman–Crippen MR) is 61.2 cm³/mol. The maximum absolute atomic E-state index is 4.34. The first-order valence-corrected chi connectivity index (χ1v) is 5.54. The van der Waals surface area contributed by atoms with Crippen LogP contribution in [0.5, 0.6) is 0 Å². The van der Waals surface area contributed by atoms with E-state index < -0.39 is 0 Å². The molecule has 1 aliphatic rings. The molecule has 5 heteroatoms. The second-order valence-electron chi connectivity index (χ2n) is 3.86. The van der Waals surface area contributed by atoms with Crippen molar-refractivity contribution >= 4 is 5.82 Å². The molecule has 0 atom stereocenters. The highest BCUT2D eigenvalue weighted by Gasteiger charge is 2.21. The van der Waals surface area contributed by atoms with Crippen LogP contribution in [0.15, 0.2) is 12.3 Å². The van der Waals surface area contributed by atoms with Crippen molar-refractivity contribution in [2.75, 3.05) is 38.5 Å². The van der Waals surface area contributed by atoms with Crippen LogP contribution in [0.2, 0.25) is 0 Å². The summed E-state index contributed by atoms with van der Waals surface area (Å²) in [5, 5.41) is 14.1. The lowest BCUT2D eigenvalue weighted by atomic mass is 10.2. The lowest BCUT2D eigenvalue weighted by Gasteiger charge is -2.28. The van der Waals surface area contributed by atoms with Crippen molar-refractivity contribution in [3.8, 4) is 0 Å². The Morgan fingerprint density at radius 3 is 3.07 bits per heavy atom. The molecule has 2 heterocycles. The van der Waals surface area contributed by atoms with Crippen LogP contribution in [0.3, 0.4) is 0 Å². The summed E-state index contributed by atoms with van der Waals surface area (Å²) in [4.78, 5) is 0. The summed E-state index contributed by atoms with van der Waals surface area (Å²) in [6.45, 7) is 4.11. The molecular formula is C10H19N5. The molecular weight excluding hydrogens is 190 g/mol. The van der Waals surface area contributed by atoms with Gasteiger partial charge in [-0.1, -0.05) is 0 Å². The SMILES string of the molecule is CNCCCNc1ccnn1C1CNC1. The quantitative estimate of drug-likeness (QED) is 0.579. The molecule has 1 aromatic rings. The highest BCUT2D eigenvalue weighted by atomic mass is 15.4. The van der Waals surface area contributed by atoms with Crippen LogP contribution in [-0.4, -0.2) is 43.0 Å². The third-order valence-electron chi connectivity index (χ3n) is 2.69. The van der Waals surface area contributed by atoms with Crippen LogP contribution in [0.4, 0.5) is 5.82 Å². The van der Waals surface area contributed by atoms with Crippen LogP contribution in [-0.2, 0) is 0 Å². The fraction of sp³-hybridized carbons (Fsp3) is 0.700. The van der Waals surface area contributed by atoms with Crippen molar-refractivity contribution < 1.29 is 0 Å². The number of aromatic nitrogens is 2. The molecule has 84 valence electrons. The first-order valence-electron chi connectivity index (χ1n) is 5.54. The summed E-state index contributed by atoms with van der Waals surface area (Å²) in [5.41, 5.74) is 0. The monoisotopic (exact) mass is 209 g/mol. The number of nitrogens with zero attached hydrogens (tertiary/aromatic N) is 2. The molecule has 1 saturated heterocycles. The molecule has 0 aliphatic carbocycles. The Kier molecular flexibility index (Phi) is 3.58. The lowest BCUT2D eigenvalue weighted by molar-refractivity contribution is 0.321. The third kappa shape index (κ3) is 2.49. The highest BCUT2D eigenvalue weighted by molar-refractivity contribution is 5.34. The summed E-state index contributed by atoms with van der Waals surface area (Å²) in [7, 11) is 1.98. The second-order valence-corrected chi connectivity index (χ2v) is 3.86. The molecule has 0 unspecified atom stereocenters. The molecule has 1 aromatic heterocycles. The molecule has 0 bridgehead atoms. The first kappa shape index (κ1) is 10.4. The van der Waals surface area contributed by atoms with Gasteiger partial charge in [-0.2, -0.15) is 5.10 Å². The van der Waals surface area contributed by atoms with E-state index in [1.807, 2.05) is 19.3 Å². The summed E-state index contributed by atoms with van der Waals surface area (Å²) in [6, 6.07) is 2.57. The van der Waals surface area contributed by atoms with E-state index in [9.17, 15) is 0 Å². The topological polar surface area (TPSA) is 53.9 Å². The van der Waals surface area contributed by atoms with Crippen molar-refractivity contribution in [1.82, 2.24) is 20.4 Å². The van der Waals surface area contributed by atoms with E-state index in [1.165, 1.54) is 0 Å². The van der Waals surface area contributed by atoms with E-state index >= 15 is 0 Å². The zero-order chi connectivity index (χ0) is 10.5. The fourth-order valence-electron chi connectivity index (χ4n) is 1.67. The van der Waals surface area contributed by atoms with E-state index in [4.69, 9.17) is 0 Å². The van der Waals surface area contributed by atoms with Gasteiger partial charge in [0.2, 0.25) is 0 Å². The van der Waals surface area contributed by atoms with Crippen LogP contribution in [0.25, 0.3) is 0 Å². The van der Waals surface area contributed by atoms with Gasteiger partial charge in [0.25, 0.3) is 0 Å². The number of hydrogen-bond acceptors (Lipinski definition) is 4. The molecule has 0 radical (unpaired) electrons. The van der Waals surface area contributed by atoms with Gasteiger partial charge in [0.1, 0.15) is 5.82 Å². The van der Waals surface area contributed by atoms with Crippen molar-refractivity contribution in [2.24, 2.45) is 0 Å². The van der Waals surface area contributed by atoms with Crippen molar-refractivity contribution in [3.05, 3.63) is 12.3 Å². The van der Waals surface area contributed by atoms with Crippen molar-refractivity contribution in [2.45, 2.75) is 12.5 Å². The van der Waals surface area contributed by atoms with Gasteiger partial charge in [-0.25, -0.2) is 4.68 Å². The minimum absolute atomic E-state index is 0.534. The molecule has 0 amide bonds. The Morgan fingerprint density at radius 2 is 2.40 bits per heavy atom. The van der Waals surface area contributed by atoms with E-state index in [0.717, 1.165) is 38.4 Å². The Bertz CT molecular complexity index is 292. The van der Waals surface area contributed by atoms with E-state index in [-0.39, 0.29) is 0 Å². The first-order chi connectivity index (χ1) is 7.42. The maximum Gasteiger partial charge on any atom is 0.124 e. The van der Waals surface area contributed by atoms with Gasteiger partial charge < -0.3 is 16.0 Å². The third-order valence-corrected chi connectivity index (χ3v) is 2.69. The number of anilines is 1. The van der Waals surface area contributed by atoms with Gasteiger partial charge >= 0.3 is 0 Å². The Morgan fingerprint density at radius 1 is 1.53 bits per heavy atom. The molecule has 15 heavy (non-hydrogen) atoms. The van der Waals surface area contributed by atoms with Gasteiger partial charge in [-0.05, 0) is 20.0 Å². The number of hydrogen-bond donors (Lipinski definition) is 3. The molecule has 2 rings (SSSR count). The van der Waals surface area contributed by atoms with E-state index in [2.05, 4.69) is 25.7 Å². The Labute approximate surface area is 90.2 Å². The predicted octanol–water partition coefficient (Wildman–Crippen LogP) is 0.0488. The average Bonchev–Trinajstić information content (AvgIpc) is 2.58. The largest absolute Gasteiger partial charge is 0.370 e. The summed E-state index contributed by atoms with van der Waals surface area (Å²) in [6.07, 6.45) is 2.99.